The number of likely N-dealkylation sites (tertiary alicyclic amines) is 1. The molecule has 2 fully saturated rings. The standard InChI is InChI=1S/C22H26FN5O3/c23-16-10-17(13-25-12-16)31-9-7-18(24)20(29)28-8-6-19-22(14-28,21(30)27-26-19)11-15-4-2-1-3-5-15/h1-5,10,12-13,18-19,26H,6-9,11,14,24H2,(H,27,30)/t18-,19?,22-/m1/s1. The Kier molecular flexibility index (Phi) is 6.15. The van der Waals surface area contributed by atoms with Gasteiger partial charge in [0.25, 0.3) is 0 Å². The smallest absolute Gasteiger partial charge is 0.244 e. The van der Waals surface area contributed by atoms with Gasteiger partial charge in [-0.2, -0.15) is 0 Å². The molecule has 1 aromatic heterocycles. The van der Waals surface area contributed by atoms with E-state index in [1.165, 1.54) is 12.3 Å². The molecule has 4 rings (SSSR count). The Balaban J connectivity index is 1.39. The third-order valence-electron chi connectivity index (χ3n) is 6.01. The first kappa shape index (κ1) is 21.2. The van der Waals surface area contributed by atoms with Gasteiger partial charge in [-0.05, 0) is 18.4 Å². The van der Waals surface area contributed by atoms with Crippen molar-refractivity contribution in [3.8, 4) is 5.75 Å². The minimum Gasteiger partial charge on any atom is -0.492 e. The molecular formula is C22H26FN5O3. The van der Waals surface area contributed by atoms with E-state index in [-0.39, 0.29) is 36.6 Å². The summed E-state index contributed by atoms with van der Waals surface area (Å²) in [7, 11) is 0. The third kappa shape index (κ3) is 4.52. The minimum absolute atomic E-state index is 0.0516. The van der Waals surface area contributed by atoms with Crippen LogP contribution < -0.4 is 21.3 Å². The number of nitrogens with zero attached hydrogens (tertiary/aromatic N) is 2. The average Bonchev–Trinajstić information content (AvgIpc) is 3.09. The van der Waals surface area contributed by atoms with E-state index in [1.807, 2.05) is 30.3 Å². The molecule has 1 aromatic carbocycles. The first-order chi connectivity index (χ1) is 15.0. The van der Waals surface area contributed by atoms with Crippen molar-refractivity contribution in [2.24, 2.45) is 11.1 Å². The molecule has 2 aliphatic rings. The quantitative estimate of drug-likeness (QED) is 0.603. The van der Waals surface area contributed by atoms with Crippen LogP contribution >= 0.6 is 0 Å². The van der Waals surface area contributed by atoms with Crippen LogP contribution in [0.4, 0.5) is 4.39 Å². The summed E-state index contributed by atoms with van der Waals surface area (Å²) < 4.78 is 18.6. The number of nitrogens with two attached hydrogens (primary N) is 1. The van der Waals surface area contributed by atoms with E-state index in [4.69, 9.17) is 10.5 Å². The van der Waals surface area contributed by atoms with Crippen LogP contribution in [0.2, 0.25) is 0 Å². The molecule has 0 saturated carbocycles. The Morgan fingerprint density at radius 1 is 1.35 bits per heavy atom. The lowest BCUT2D eigenvalue weighted by Gasteiger charge is -2.42. The van der Waals surface area contributed by atoms with Gasteiger partial charge in [-0.15, -0.1) is 0 Å². The van der Waals surface area contributed by atoms with Crippen molar-refractivity contribution in [3.63, 3.8) is 0 Å². The zero-order valence-electron chi connectivity index (χ0n) is 17.1. The number of pyridine rings is 1. The van der Waals surface area contributed by atoms with Gasteiger partial charge in [0.15, 0.2) is 0 Å². The van der Waals surface area contributed by atoms with Crippen LogP contribution in [0, 0.1) is 11.2 Å². The van der Waals surface area contributed by atoms with Crippen molar-refractivity contribution in [3.05, 3.63) is 60.2 Å². The molecule has 164 valence electrons. The highest BCUT2D eigenvalue weighted by molar-refractivity contribution is 5.88. The Hall–Kier alpha value is -3.04. The number of hydrogen-bond donors (Lipinski definition) is 3. The van der Waals surface area contributed by atoms with Gasteiger partial charge < -0.3 is 15.4 Å². The van der Waals surface area contributed by atoms with Gasteiger partial charge >= 0.3 is 0 Å². The molecule has 31 heavy (non-hydrogen) atoms. The van der Waals surface area contributed by atoms with Crippen molar-refractivity contribution in [1.29, 1.82) is 0 Å². The maximum Gasteiger partial charge on any atom is 0.244 e. The number of amides is 2. The number of nitrogens with one attached hydrogen (secondary N) is 2. The summed E-state index contributed by atoms with van der Waals surface area (Å²) in [5, 5.41) is 0. The van der Waals surface area contributed by atoms with E-state index >= 15 is 0 Å². The fraction of sp³-hybridized carbons (Fsp3) is 0.409. The van der Waals surface area contributed by atoms with Crippen LogP contribution in [0.5, 0.6) is 5.75 Å². The number of aromatic nitrogens is 1. The van der Waals surface area contributed by atoms with Crippen molar-refractivity contribution in [2.45, 2.75) is 31.3 Å². The van der Waals surface area contributed by atoms with Crippen LogP contribution in [-0.4, -0.2) is 53.5 Å². The molecular weight excluding hydrogens is 401 g/mol. The molecule has 8 nitrogen and oxygen atoms in total. The highest BCUT2D eigenvalue weighted by Gasteiger charge is 2.54. The Morgan fingerprint density at radius 3 is 2.94 bits per heavy atom. The van der Waals surface area contributed by atoms with Crippen molar-refractivity contribution >= 4 is 11.8 Å². The fourth-order valence-electron chi connectivity index (χ4n) is 4.35. The first-order valence-electron chi connectivity index (χ1n) is 10.4. The lowest BCUT2D eigenvalue weighted by molar-refractivity contribution is -0.140. The van der Waals surface area contributed by atoms with Gasteiger partial charge in [-0.25, -0.2) is 9.82 Å². The number of carbonyl (C=O) groups excluding carboxylic acids is 2. The number of halogens is 1. The van der Waals surface area contributed by atoms with Crippen LogP contribution in [-0.2, 0) is 16.0 Å². The van der Waals surface area contributed by atoms with Gasteiger partial charge in [-0.1, -0.05) is 30.3 Å². The number of rotatable bonds is 7. The number of carbonyl (C=O) groups is 2. The lowest BCUT2D eigenvalue weighted by atomic mass is 9.72. The Bertz CT molecular complexity index is 944. The molecule has 2 aromatic rings. The fourth-order valence-corrected chi connectivity index (χ4v) is 4.35. The summed E-state index contributed by atoms with van der Waals surface area (Å²) in [5.41, 5.74) is 12.3. The SMILES string of the molecule is N[C@H](CCOc1cncc(F)c1)C(=O)N1CCC2NNC(=O)[C@]2(Cc2ccccc2)C1. The van der Waals surface area contributed by atoms with E-state index in [2.05, 4.69) is 15.8 Å². The summed E-state index contributed by atoms with van der Waals surface area (Å²) >= 11 is 0. The first-order valence-corrected chi connectivity index (χ1v) is 10.4. The summed E-state index contributed by atoms with van der Waals surface area (Å²) in [6, 6.07) is 10.2. The molecule has 1 unspecified atom stereocenters. The molecule has 0 spiro atoms. The van der Waals surface area contributed by atoms with Crippen LogP contribution in [0.15, 0.2) is 48.8 Å². The molecule has 2 aliphatic heterocycles. The number of fused-ring (bicyclic) bond motifs is 1. The van der Waals surface area contributed by atoms with Crippen molar-refractivity contribution in [1.82, 2.24) is 20.7 Å². The molecule has 3 heterocycles. The molecule has 0 radical (unpaired) electrons. The van der Waals surface area contributed by atoms with Gasteiger partial charge in [0.05, 0.1) is 30.5 Å². The Morgan fingerprint density at radius 2 is 2.16 bits per heavy atom. The van der Waals surface area contributed by atoms with E-state index < -0.39 is 17.3 Å². The second-order valence-corrected chi connectivity index (χ2v) is 8.10. The van der Waals surface area contributed by atoms with E-state index in [1.54, 1.807) is 4.90 Å². The van der Waals surface area contributed by atoms with E-state index in [9.17, 15) is 14.0 Å². The molecule has 0 aliphatic carbocycles. The molecule has 2 amide bonds. The molecule has 2 saturated heterocycles. The second kappa shape index (κ2) is 8.99. The second-order valence-electron chi connectivity index (χ2n) is 8.10. The highest BCUT2D eigenvalue weighted by atomic mass is 19.1. The largest absolute Gasteiger partial charge is 0.492 e. The maximum absolute atomic E-state index is 13.2. The molecule has 3 atom stereocenters. The number of benzene rings is 1. The third-order valence-corrected chi connectivity index (χ3v) is 6.01. The molecule has 4 N–H and O–H groups in total. The summed E-state index contributed by atoms with van der Waals surface area (Å²) in [6.07, 6.45) is 3.94. The van der Waals surface area contributed by atoms with Gasteiger partial charge in [-0.3, -0.25) is 20.0 Å². The zero-order chi connectivity index (χ0) is 21.8. The highest BCUT2D eigenvalue weighted by Crippen LogP contribution is 2.37. The van der Waals surface area contributed by atoms with E-state index in [0.717, 1.165) is 11.8 Å². The lowest BCUT2D eigenvalue weighted by Crippen LogP contribution is -2.59. The predicted octanol–water partition coefficient (Wildman–Crippen LogP) is 0.781. The maximum atomic E-state index is 13.2. The number of hydrogen-bond acceptors (Lipinski definition) is 6. The Labute approximate surface area is 179 Å². The minimum atomic E-state index is -0.774. The zero-order valence-corrected chi connectivity index (χ0v) is 17.1. The molecule has 9 heteroatoms. The normalized spacial score (nSPS) is 23.7. The topological polar surface area (TPSA) is 110 Å². The van der Waals surface area contributed by atoms with E-state index in [0.29, 0.717) is 25.9 Å². The summed E-state index contributed by atoms with van der Waals surface area (Å²) in [4.78, 5) is 31.2. The van der Waals surface area contributed by atoms with Crippen molar-refractivity contribution in [2.75, 3.05) is 19.7 Å². The number of piperidine rings is 1. The number of ether oxygens (including phenoxy) is 1. The summed E-state index contributed by atoms with van der Waals surface area (Å²) in [6.45, 7) is 0.975. The van der Waals surface area contributed by atoms with Crippen LogP contribution in [0.1, 0.15) is 18.4 Å². The number of hydrazine groups is 1. The van der Waals surface area contributed by atoms with Crippen LogP contribution in [0.3, 0.4) is 0 Å². The van der Waals surface area contributed by atoms with Gasteiger partial charge in [0.1, 0.15) is 11.6 Å². The monoisotopic (exact) mass is 427 g/mol. The average molecular weight is 427 g/mol. The van der Waals surface area contributed by atoms with Gasteiger partial charge in [0.2, 0.25) is 11.8 Å². The predicted molar refractivity (Wildman–Crippen MR) is 111 cm³/mol. The molecule has 0 bridgehead atoms. The summed E-state index contributed by atoms with van der Waals surface area (Å²) in [5.74, 6) is -0.523. The van der Waals surface area contributed by atoms with Crippen LogP contribution in [0.25, 0.3) is 0 Å². The van der Waals surface area contributed by atoms with Gasteiger partial charge in [0, 0.05) is 31.6 Å². The van der Waals surface area contributed by atoms with Crippen molar-refractivity contribution < 1.29 is 18.7 Å².